The van der Waals surface area contributed by atoms with Crippen molar-refractivity contribution in [2.24, 2.45) is 0 Å². The zero-order valence-electron chi connectivity index (χ0n) is 15.1. The second-order valence-electron chi connectivity index (χ2n) is 6.91. The van der Waals surface area contributed by atoms with E-state index in [2.05, 4.69) is 29.2 Å². The highest BCUT2D eigenvalue weighted by Crippen LogP contribution is 2.29. The highest BCUT2D eigenvalue weighted by atomic mass is 32.1. The topological polar surface area (TPSA) is 62.5 Å². The Morgan fingerprint density at radius 1 is 1.35 bits per heavy atom. The van der Waals surface area contributed by atoms with Crippen molar-refractivity contribution in [2.75, 3.05) is 13.1 Å². The molecular formula is C19H23N5OS. The van der Waals surface area contributed by atoms with Crippen molar-refractivity contribution < 1.29 is 4.79 Å². The van der Waals surface area contributed by atoms with Crippen LogP contribution in [-0.4, -0.2) is 50.6 Å². The van der Waals surface area contributed by atoms with Gasteiger partial charge in [-0.15, -0.1) is 11.3 Å². The minimum absolute atomic E-state index is 0.0332. The van der Waals surface area contributed by atoms with Crippen molar-refractivity contribution in [3.8, 4) is 10.6 Å². The number of piperidine rings is 1. The average Bonchev–Trinajstić information content (AvgIpc) is 3.29. The zero-order valence-corrected chi connectivity index (χ0v) is 15.9. The van der Waals surface area contributed by atoms with E-state index in [9.17, 15) is 4.79 Å². The van der Waals surface area contributed by atoms with Crippen LogP contribution in [0.1, 0.15) is 37.2 Å². The minimum atomic E-state index is 0.0332. The molecule has 0 aromatic carbocycles. The van der Waals surface area contributed by atoms with Gasteiger partial charge in [0.25, 0.3) is 5.91 Å². The number of nitrogens with one attached hydrogen (secondary N) is 1. The monoisotopic (exact) mass is 369 g/mol. The summed E-state index contributed by atoms with van der Waals surface area (Å²) in [7, 11) is 0. The number of hydrogen-bond acceptors (Lipinski definition) is 5. The summed E-state index contributed by atoms with van der Waals surface area (Å²) in [5.74, 6) is 0.0332. The fourth-order valence-corrected chi connectivity index (χ4v) is 4.45. The highest BCUT2D eigenvalue weighted by molar-refractivity contribution is 7.13. The molecule has 1 amide bonds. The van der Waals surface area contributed by atoms with Crippen LogP contribution in [0.25, 0.3) is 16.1 Å². The van der Waals surface area contributed by atoms with Crippen LogP contribution in [-0.2, 0) is 0 Å². The van der Waals surface area contributed by atoms with Gasteiger partial charge in [-0.25, -0.2) is 9.50 Å². The first-order valence-electron chi connectivity index (χ1n) is 9.07. The number of amides is 1. The van der Waals surface area contributed by atoms with Crippen molar-refractivity contribution in [3.05, 3.63) is 41.7 Å². The van der Waals surface area contributed by atoms with E-state index in [1.807, 2.05) is 45.4 Å². The summed E-state index contributed by atoms with van der Waals surface area (Å²) in [6.45, 7) is 6.09. The van der Waals surface area contributed by atoms with Gasteiger partial charge in [0.15, 0.2) is 0 Å². The van der Waals surface area contributed by atoms with E-state index in [0.717, 1.165) is 42.0 Å². The molecule has 1 aliphatic heterocycles. The number of nitrogens with zero attached hydrogens (tertiary/aromatic N) is 4. The van der Waals surface area contributed by atoms with Crippen molar-refractivity contribution in [3.63, 3.8) is 0 Å². The predicted molar refractivity (Wildman–Crippen MR) is 103 cm³/mol. The van der Waals surface area contributed by atoms with Crippen LogP contribution in [0.3, 0.4) is 0 Å². The maximum atomic E-state index is 13.2. The Balaban J connectivity index is 1.63. The predicted octanol–water partition coefficient (Wildman–Crippen LogP) is 3.06. The van der Waals surface area contributed by atoms with Crippen LogP contribution in [0.2, 0.25) is 0 Å². The van der Waals surface area contributed by atoms with Crippen LogP contribution in [0.5, 0.6) is 0 Å². The van der Waals surface area contributed by atoms with Gasteiger partial charge in [-0.05, 0) is 51.9 Å². The van der Waals surface area contributed by atoms with Crippen LogP contribution in [0, 0.1) is 0 Å². The maximum Gasteiger partial charge on any atom is 0.273 e. The molecule has 0 bridgehead atoms. The minimum Gasteiger partial charge on any atom is -0.332 e. The van der Waals surface area contributed by atoms with E-state index in [-0.39, 0.29) is 18.0 Å². The van der Waals surface area contributed by atoms with Gasteiger partial charge in [0.1, 0.15) is 10.7 Å². The molecule has 1 N–H and O–H groups in total. The van der Waals surface area contributed by atoms with Gasteiger partial charge in [0, 0.05) is 23.7 Å². The summed E-state index contributed by atoms with van der Waals surface area (Å²) in [6.07, 6.45) is 5.72. The summed E-state index contributed by atoms with van der Waals surface area (Å²) in [4.78, 5) is 19.8. The van der Waals surface area contributed by atoms with Gasteiger partial charge in [-0.3, -0.25) is 4.79 Å². The van der Waals surface area contributed by atoms with E-state index in [1.165, 1.54) is 11.3 Å². The molecule has 1 aliphatic rings. The quantitative estimate of drug-likeness (QED) is 0.768. The molecule has 3 aromatic heterocycles. The smallest absolute Gasteiger partial charge is 0.273 e. The maximum absolute atomic E-state index is 13.2. The first-order chi connectivity index (χ1) is 12.6. The Labute approximate surface area is 156 Å². The van der Waals surface area contributed by atoms with Crippen LogP contribution in [0.15, 0.2) is 36.0 Å². The Kier molecular flexibility index (Phi) is 4.74. The molecule has 3 aromatic rings. The molecule has 0 spiro atoms. The molecule has 4 heterocycles. The van der Waals surface area contributed by atoms with Gasteiger partial charge in [-0.2, -0.15) is 5.10 Å². The molecule has 0 atom stereocenters. The fraction of sp³-hybridized carbons (Fsp3) is 0.421. The van der Waals surface area contributed by atoms with Crippen molar-refractivity contribution in [1.29, 1.82) is 0 Å². The third kappa shape index (κ3) is 3.12. The first-order valence-corrected chi connectivity index (χ1v) is 9.95. The summed E-state index contributed by atoms with van der Waals surface area (Å²) < 4.78 is 1.83. The molecule has 4 rings (SSSR count). The van der Waals surface area contributed by atoms with Gasteiger partial charge in [0.05, 0.1) is 17.3 Å². The van der Waals surface area contributed by atoms with E-state index < -0.39 is 0 Å². The number of rotatable bonds is 4. The number of pyridine rings is 1. The largest absolute Gasteiger partial charge is 0.332 e. The van der Waals surface area contributed by atoms with Crippen LogP contribution < -0.4 is 5.32 Å². The molecule has 6 nitrogen and oxygen atoms in total. The molecule has 1 saturated heterocycles. The number of thiazole rings is 1. The van der Waals surface area contributed by atoms with Gasteiger partial charge < -0.3 is 10.2 Å². The Morgan fingerprint density at radius 2 is 2.15 bits per heavy atom. The highest BCUT2D eigenvalue weighted by Gasteiger charge is 2.29. The molecular weight excluding hydrogens is 346 g/mol. The van der Waals surface area contributed by atoms with Crippen molar-refractivity contribution in [1.82, 2.24) is 24.8 Å². The second kappa shape index (κ2) is 7.17. The van der Waals surface area contributed by atoms with Gasteiger partial charge in [-0.1, -0.05) is 6.07 Å². The SMILES string of the molecule is CC(C)N(C(=O)c1csc(-c2cnn3ccccc23)n1)C1CCNCC1. The second-order valence-corrected chi connectivity index (χ2v) is 7.77. The number of hydrogen-bond donors (Lipinski definition) is 1. The standard InChI is InChI=1S/C19H23N5OS/c1-13(2)24(14-6-8-20-9-7-14)19(25)16-12-26-18(22-16)15-11-21-23-10-4-3-5-17(15)23/h3-5,10-14,20H,6-9H2,1-2H3. The number of aromatic nitrogens is 3. The lowest BCUT2D eigenvalue weighted by Gasteiger charge is -2.37. The summed E-state index contributed by atoms with van der Waals surface area (Å²) in [5, 5.41) is 10.4. The average molecular weight is 369 g/mol. The van der Waals surface area contributed by atoms with Gasteiger partial charge in [0.2, 0.25) is 0 Å². The number of fused-ring (bicyclic) bond motifs is 1. The van der Waals surface area contributed by atoms with E-state index in [1.54, 1.807) is 0 Å². The summed E-state index contributed by atoms with van der Waals surface area (Å²) in [5.41, 5.74) is 2.50. The van der Waals surface area contributed by atoms with Gasteiger partial charge >= 0.3 is 0 Å². The Bertz CT molecular complexity index is 909. The molecule has 136 valence electrons. The molecule has 0 radical (unpaired) electrons. The fourth-order valence-electron chi connectivity index (χ4n) is 3.63. The summed E-state index contributed by atoms with van der Waals surface area (Å²) >= 11 is 1.50. The molecule has 1 fully saturated rings. The van der Waals surface area contributed by atoms with E-state index in [4.69, 9.17) is 0 Å². The molecule has 0 unspecified atom stereocenters. The number of carbonyl (C=O) groups is 1. The normalized spacial score (nSPS) is 15.7. The Morgan fingerprint density at radius 3 is 2.92 bits per heavy atom. The first kappa shape index (κ1) is 17.2. The molecule has 0 saturated carbocycles. The molecule has 7 heteroatoms. The Hall–Kier alpha value is -2.25. The molecule has 0 aliphatic carbocycles. The van der Waals surface area contributed by atoms with Crippen LogP contribution in [0.4, 0.5) is 0 Å². The van der Waals surface area contributed by atoms with Crippen molar-refractivity contribution >= 4 is 22.8 Å². The lowest BCUT2D eigenvalue weighted by molar-refractivity contribution is 0.0560. The number of carbonyl (C=O) groups excluding carboxylic acids is 1. The third-order valence-corrected chi connectivity index (χ3v) is 5.75. The van der Waals surface area contributed by atoms with Crippen molar-refractivity contribution in [2.45, 2.75) is 38.8 Å². The molecule has 26 heavy (non-hydrogen) atoms. The van der Waals surface area contributed by atoms with Crippen LogP contribution >= 0.6 is 11.3 Å². The van der Waals surface area contributed by atoms with E-state index in [0.29, 0.717) is 5.69 Å². The lowest BCUT2D eigenvalue weighted by Crippen LogP contribution is -2.49. The third-order valence-electron chi connectivity index (χ3n) is 4.87. The lowest BCUT2D eigenvalue weighted by atomic mass is 10.0. The summed E-state index contributed by atoms with van der Waals surface area (Å²) in [6, 6.07) is 6.39. The zero-order chi connectivity index (χ0) is 18.1. The van der Waals surface area contributed by atoms with E-state index >= 15 is 0 Å².